The van der Waals surface area contributed by atoms with Gasteiger partial charge in [-0.3, -0.25) is 4.72 Å². The predicted molar refractivity (Wildman–Crippen MR) is 138 cm³/mol. The highest BCUT2D eigenvalue weighted by molar-refractivity contribution is 7.92. The number of ether oxygens (including phenoxy) is 3. The van der Waals surface area contributed by atoms with Gasteiger partial charge in [-0.1, -0.05) is 23.7 Å². The number of methoxy groups -OCH3 is 2. The minimum Gasteiger partial charge on any atom is -0.493 e. The van der Waals surface area contributed by atoms with Crippen molar-refractivity contribution >= 4 is 27.3 Å². The average molecular weight is 528 g/mol. The highest BCUT2D eigenvalue weighted by atomic mass is 35.5. The number of nitrogens with one attached hydrogen (secondary N) is 1. The minimum atomic E-state index is -4.11. The lowest BCUT2D eigenvalue weighted by Crippen LogP contribution is -2.21. The van der Waals surface area contributed by atoms with Crippen LogP contribution in [0.3, 0.4) is 0 Å². The maximum absolute atomic E-state index is 13.6. The first-order valence-corrected chi connectivity index (χ1v) is 13.0. The zero-order valence-electron chi connectivity index (χ0n) is 20.1. The lowest BCUT2D eigenvalue weighted by Gasteiger charge is -2.18. The fourth-order valence-electron chi connectivity index (χ4n) is 4.10. The normalized spacial score (nSPS) is 15.8. The van der Waals surface area contributed by atoms with Crippen LogP contribution in [0.2, 0.25) is 5.02 Å². The molecule has 1 aliphatic heterocycles. The first-order chi connectivity index (χ1) is 17.2. The van der Waals surface area contributed by atoms with Crippen molar-refractivity contribution in [3.63, 3.8) is 0 Å². The van der Waals surface area contributed by atoms with Gasteiger partial charge in [0.2, 0.25) is 0 Å². The van der Waals surface area contributed by atoms with Gasteiger partial charge in [0, 0.05) is 30.8 Å². The molecule has 1 aliphatic rings. The molecular weight excluding hydrogens is 502 g/mol. The maximum Gasteiger partial charge on any atom is 0.262 e. The van der Waals surface area contributed by atoms with Gasteiger partial charge < -0.3 is 19.1 Å². The molecule has 0 spiro atoms. The Kier molecular flexibility index (Phi) is 7.59. The second-order valence-corrected chi connectivity index (χ2v) is 10.5. The smallest absolute Gasteiger partial charge is 0.262 e. The number of nitrogens with zero attached hydrogens (tertiary/aromatic N) is 2. The number of nitriles is 1. The third kappa shape index (κ3) is 5.51. The summed E-state index contributed by atoms with van der Waals surface area (Å²) in [6, 6.07) is 16.5. The largest absolute Gasteiger partial charge is 0.493 e. The molecule has 0 aliphatic carbocycles. The highest BCUT2D eigenvalue weighted by Gasteiger charge is 2.25. The summed E-state index contributed by atoms with van der Waals surface area (Å²) >= 11 is 6.33. The first-order valence-electron chi connectivity index (χ1n) is 11.2. The molecule has 1 saturated heterocycles. The standard InChI is InChI=1S/C26H26ClN3O5S/c1-30-10-9-20(16-30)35-23-12-19(7-8-22(23)27)29-36(31,32)26-14-25(34-3)24(33-2)13-21(26)18-6-4-5-17(11-18)15-28/h4-8,11-14,20,29H,9-10,16H2,1-3H3. The molecule has 0 bridgehead atoms. The van der Waals surface area contributed by atoms with Crippen molar-refractivity contribution in [2.75, 3.05) is 39.1 Å². The Balaban J connectivity index is 1.74. The maximum atomic E-state index is 13.6. The van der Waals surface area contributed by atoms with Crippen molar-refractivity contribution in [2.45, 2.75) is 17.4 Å². The lowest BCUT2D eigenvalue weighted by molar-refractivity contribution is 0.208. The van der Waals surface area contributed by atoms with E-state index in [1.165, 1.54) is 20.3 Å². The number of hydrogen-bond donors (Lipinski definition) is 1. The van der Waals surface area contributed by atoms with Gasteiger partial charge in [-0.15, -0.1) is 0 Å². The number of likely N-dealkylation sites (N-methyl/N-ethyl adjacent to an activating group) is 1. The molecule has 8 nitrogen and oxygen atoms in total. The number of benzene rings is 3. The summed E-state index contributed by atoms with van der Waals surface area (Å²) in [6.07, 6.45) is 0.837. The Morgan fingerprint density at radius 3 is 2.47 bits per heavy atom. The zero-order valence-corrected chi connectivity index (χ0v) is 21.7. The van der Waals surface area contributed by atoms with Crippen LogP contribution in [0.25, 0.3) is 11.1 Å². The van der Waals surface area contributed by atoms with Crippen molar-refractivity contribution in [1.82, 2.24) is 4.90 Å². The van der Waals surface area contributed by atoms with Crippen molar-refractivity contribution < 1.29 is 22.6 Å². The van der Waals surface area contributed by atoms with E-state index in [9.17, 15) is 13.7 Å². The van der Waals surface area contributed by atoms with E-state index in [1.54, 1.807) is 48.5 Å². The van der Waals surface area contributed by atoms with Gasteiger partial charge in [-0.05, 0) is 49.4 Å². The minimum absolute atomic E-state index is 0.0239. The van der Waals surface area contributed by atoms with Gasteiger partial charge in [-0.25, -0.2) is 8.42 Å². The van der Waals surface area contributed by atoms with Crippen LogP contribution < -0.4 is 18.9 Å². The van der Waals surface area contributed by atoms with Gasteiger partial charge in [-0.2, -0.15) is 5.26 Å². The molecule has 0 saturated carbocycles. The van der Waals surface area contributed by atoms with Crippen LogP contribution >= 0.6 is 11.6 Å². The highest BCUT2D eigenvalue weighted by Crippen LogP contribution is 2.39. The van der Waals surface area contributed by atoms with Crippen LogP contribution in [0, 0.1) is 11.3 Å². The number of rotatable bonds is 8. The lowest BCUT2D eigenvalue weighted by atomic mass is 10.0. The summed E-state index contributed by atoms with van der Waals surface area (Å²) in [6.45, 7) is 1.69. The molecule has 1 unspecified atom stereocenters. The molecule has 36 heavy (non-hydrogen) atoms. The average Bonchev–Trinajstić information content (AvgIpc) is 3.29. The van der Waals surface area contributed by atoms with E-state index in [0.717, 1.165) is 19.5 Å². The molecule has 1 atom stereocenters. The van der Waals surface area contributed by atoms with Crippen LogP contribution in [-0.2, 0) is 10.0 Å². The van der Waals surface area contributed by atoms with Crippen LogP contribution in [-0.4, -0.2) is 53.8 Å². The van der Waals surface area contributed by atoms with Crippen molar-refractivity contribution in [1.29, 1.82) is 5.26 Å². The summed E-state index contributed by atoms with van der Waals surface area (Å²) in [4.78, 5) is 2.12. The molecule has 1 heterocycles. The van der Waals surface area contributed by atoms with Gasteiger partial charge in [0.1, 0.15) is 11.9 Å². The quantitative estimate of drug-likeness (QED) is 0.450. The molecule has 1 N–H and O–H groups in total. The number of likely N-dealkylation sites (tertiary alicyclic amines) is 1. The molecule has 0 amide bonds. The molecule has 0 radical (unpaired) electrons. The number of hydrogen-bond acceptors (Lipinski definition) is 7. The molecule has 4 rings (SSSR count). The Hall–Kier alpha value is -3.45. The molecule has 1 fully saturated rings. The Bertz CT molecular complexity index is 1420. The van der Waals surface area contributed by atoms with E-state index in [2.05, 4.69) is 15.7 Å². The Labute approximate surface area is 216 Å². The number of sulfonamides is 1. The van der Waals surface area contributed by atoms with Gasteiger partial charge in [0.05, 0.1) is 41.5 Å². The van der Waals surface area contributed by atoms with Crippen LogP contribution in [0.15, 0.2) is 59.5 Å². The van der Waals surface area contributed by atoms with Gasteiger partial charge in [0.15, 0.2) is 11.5 Å². The second kappa shape index (κ2) is 10.7. The van der Waals surface area contributed by atoms with E-state index >= 15 is 0 Å². The fraction of sp³-hybridized carbons (Fsp3) is 0.269. The van der Waals surface area contributed by atoms with Crippen molar-refractivity contribution in [2.24, 2.45) is 0 Å². The SMILES string of the molecule is COc1cc(-c2cccc(C#N)c2)c(S(=O)(=O)Nc2ccc(Cl)c(OC3CCN(C)C3)c2)cc1OC. The Morgan fingerprint density at radius 2 is 1.81 bits per heavy atom. The molecule has 3 aromatic rings. The van der Waals surface area contributed by atoms with E-state index in [4.69, 9.17) is 25.8 Å². The fourth-order valence-corrected chi connectivity index (χ4v) is 5.54. The third-order valence-corrected chi connectivity index (χ3v) is 7.64. The van der Waals surface area contributed by atoms with Crippen LogP contribution in [0.4, 0.5) is 5.69 Å². The summed E-state index contributed by atoms with van der Waals surface area (Å²) in [5.74, 6) is 1.02. The predicted octanol–water partition coefficient (Wildman–Crippen LogP) is 4.78. The summed E-state index contributed by atoms with van der Waals surface area (Å²) in [5, 5.41) is 9.73. The molecule has 188 valence electrons. The van der Waals surface area contributed by atoms with E-state index in [-0.39, 0.29) is 16.7 Å². The van der Waals surface area contributed by atoms with Crippen LogP contribution in [0.1, 0.15) is 12.0 Å². The molecular formula is C26H26ClN3O5S. The topological polar surface area (TPSA) is 101 Å². The molecule has 3 aromatic carbocycles. The van der Waals surface area contributed by atoms with Crippen molar-refractivity contribution in [3.05, 3.63) is 65.2 Å². The monoisotopic (exact) mass is 527 g/mol. The first kappa shape index (κ1) is 25.6. The van der Waals surface area contributed by atoms with E-state index in [1.807, 2.05) is 7.05 Å². The third-order valence-electron chi connectivity index (χ3n) is 5.90. The van der Waals surface area contributed by atoms with Crippen LogP contribution in [0.5, 0.6) is 17.2 Å². The van der Waals surface area contributed by atoms with E-state index < -0.39 is 10.0 Å². The molecule has 10 heteroatoms. The van der Waals surface area contributed by atoms with Gasteiger partial charge >= 0.3 is 0 Å². The summed E-state index contributed by atoms with van der Waals surface area (Å²) < 4.78 is 46.7. The number of halogens is 1. The second-order valence-electron chi connectivity index (χ2n) is 8.44. The molecule has 0 aromatic heterocycles. The zero-order chi connectivity index (χ0) is 25.9. The van der Waals surface area contributed by atoms with Crippen molar-refractivity contribution in [3.8, 4) is 34.4 Å². The summed E-state index contributed by atoms with van der Waals surface area (Å²) in [5.41, 5.74) is 1.60. The van der Waals surface area contributed by atoms with Gasteiger partial charge in [0.25, 0.3) is 10.0 Å². The van der Waals surface area contributed by atoms with E-state index in [0.29, 0.717) is 38.9 Å². The Morgan fingerprint density at radius 1 is 1.06 bits per heavy atom. The summed E-state index contributed by atoms with van der Waals surface area (Å²) in [7, 11) is 0.807. The number of anilines is 1.